The summed E-state index contributed by atoms with van der Waals surface area (Å²) >= 11 is 0. The van der Waals surface area contributed by atoms with E-state index in [1.807, 2.05) is 0 Å². The number of unbranched alkanes of at least 4 members (excludes halogenated alkanes) is 41. The third kappa shape index (κ3) is 69.3. The molecule has 0 aromatic carbocycles. The van der Waals surface area contributed by atoms with Gasteiger partial charge in [-0.15, -0.1) is 0 Å². The van der Waals surface area contributed by atoms with E-state index in [1.165, 1.54) is 205 Å². The van der Waals surface area contributed by atoms with E-state index in [1.54, 1.807) is 0 Å². The van der Waals surface area contributed by atoms with Crippen LogP contribution in [-0.2, 0) is 28.6 Å². The van der Waals surface area contributed by atoms with Gasteiger partial charge in [0.25, 0.3) is 0 Å². The van der Waals surface area contributed by atoms with E-state index in [0.29, 0.717) is 19.3 Å². The van der Waals surface area contributed by atoms with Gasteiger partial charge < -0.3 is 14.2 Å². The number of hydrogen-bond acceptors (Lipinski definition) is 6. The molecule has 0 saturated carbocycles. The topological polar surface area (TPSA) is 78.9 Å². The molecule has 0 rings (SSSR count). The van der Waals surface area contributed by atoms with Crippen molar-refractivity contribution in [2.24, 2.45) is 0 Å². The van der Waals surface area contributed by atoms with Crippen LogP contribution >= 0.6 is 0 Å². The number of allylic oxidation sites excluding steroid dienone is 14. The van der Waals surface area contributed by atoms with E-state index in [2.05, 4.69) is 106 Å². The fourth-order valence-corrected chi connectivity index (χ4v) is 10.5. The molecule has 0 fully saturated rings. The van der Waals surface area contributed by atoms with Gasteiger partial charge in [0.1, 0.15) is 13.2 Å². The van der Waals surface area contributed by atoms with Crippen LogP contribution in [0.3, 0.4) is 0 Å². The minimum absolute atomic E-state index is 0.0873. The van der Waals surface area contributed by atoms with E-state index < -0.39 is 6.10 Å². The molecule has 83 heavy (non-hydrogen) atoms. The van der Waals surface area contributed by atoms with Crippen LogP contribution < -0.4 is 0 Å². The summed E-state index contributed by atoms with van der Waals surface area (Å²) < 4.78 is 17.0. The molecular formula is C77H136O6. The second-order valence-electron chi connectivity index (χ2n) is 24.1. The van der Waals surface area contributed by atoms with Gasteiger partial charge in [0.05, 0.1) is 0 Å². The summed E-state index contributed by atoms with van der Waals surface area (Å²) in [7, 11) is 0. The predicted molar refractivity (Wildman–Crippen MR) is 362 cm³/mol. The monoisotopic (exact) mass is 1160 g/mol. The number of hydrogen-bond donors (Lipinski definition) is 0. The van der Waals surface area contributed by atoms with Crippen LogP contribution in [0, 0.1) is 0 Å². The summed E-state index contributed by atoms with van der Waals surface area (Å²) in [5.41, 5.74) is 0. The molecule has 0 aliphatic heterocycles. The maximum Gasteiger partial charge on any atom is 0.306 e. The number of esters is 3. The molecule has 0 aliphatic rings. The zero-order valence-corrected chi connectivity index (χ0v) is 55.2. The molecule has 480 valence electrons. The van der Waals surface area contributed by atoms with Gasteiger partial charge >= 0.3 is 17.9 Å². The van der Waals surface area contributed by atoms with Crippen molar-refractivity contribution in [1.29, 1.82) is 0 Å². The lowest BCUT2D eigenvalue weighted by molar-refractivity contribution is -0.167. The third-order valence-electron chi connectivity index (χ3n) is 15.9. The molecule has 0 radical (unpaired) electrons. The van der Waals surface area contributed by atoms with Crippen molar-refractivity contribution in [3.05, 3.63) is 85.1 Å². The molecule has 0 heterocycles. The second kappa shape index (κ2) is 71.1. The fraction of sp³-hybridized carbons (Fsp3) is 0.779. The highest BCUT2D eigenvalue weighted by molar-refractivity contribution is 5.71. The molecule has 6 nitrogen and oxygen atoms in total. The molecule has 0 aromatic rings. The Labute approximate surface area is 515 Å². The standard InChI is InChI=1S/C77H136O6/c1-4-7-10-13-16-19-22-25-28-31-33-35-36-37-38-39-40-42-43-46-49-52-55-58-61-64-67-70-76(79)82-73-74(72-81-75(78)69-66-63-60-57-54-51-48-45-30-27-24-21-18-15-12-9-6-3)83-77(80)71-68-65-62-59-56-53-50-47-44-41-34-32-29-26-23-20-17-14-11-8-5-2/h9,12,18,21,23,26-27,30,32,34,44,47-48,51,74H,4-8,10-11,13-17,19-20,22,24-25,28-29,31,33,35-43,45-46,49-50,52-73H2,1-3H3/b12-9-,21-18-,26-23-,30-27-,34-32-,47-44-,51-48-. The van der Waals surface area contributed by atoms with Gasteiger partial charge in [0.15, 0.2) is 6.10 Å². The van der Waals surface area contributed by atoms with Gasteiger partial charge in [-0.05, 0) is 96.3 Å². The Morgan fingerprint density at radius 2 is 0.470 bits per heavy atom. The first-order valence-electron chi connectivity index (χ1n) is 36.1. The summed E-state index contributed by atoms with van der Waals surface area (Å²) in [4.78, 5) is 38.5. The lowest BCUT2D eigenvalue weighted by Crippen LogP contribution is -2.30. The first-order valence-corrected chi connectivity index (χ1v) is 36.1. The van der Waals surface area contributed by atoms with Crippen molar-refractivity contribution >= 4 is 17.9 Å². The van der Waals surface area contributed by atoms with Crippen LogP contribution in [0.25, 0.3) is 0 Å². The van der Waals surface area contributed by atoms with Gasteiger partial charge in [-0.25, -0.2) is 0 Å². The zero-order valence-electron chi connectivity index (χ0n) is 55.2. The van der Waals surface area contributed by atoms with Crippen molar-refractivity contribution in [2.45, 2.75) is 374 Å². The van der Waals surface area contributed by atoms with Crippen LogP contribution in [0.15, 0.2) is 85.1 Å². The largest absolute Gasteiger partial charge is 0.462 e. The zero-order chi connectivity index (χ0) is 59.9. The molecule has 0 saturated heterocycles. The third-order valence-corrected chi connectivity index (χ3v) is 15.9. The summed E-state index contributed by atoms with van der Waals surface area (Å²) in [5, 5.41) is 0. The average molecular weight is 1160 g/mol. The highest BCUT2D eigenvalue weighted by Gasteiger charge is 2.19. The molecule has 1 atom stereocenters. The van der Waals surface area contributed by atoms with E-state index >= 15 is 0 Å². The molecule has 0 aliphatic carbocycles. The quantitative estimate of drug-likeness (QED) is 0.0261. The summed E-state index contributed by atoms with van der Waals surface area (Å²) in [5.74, 6) is -0.906. The SMILES string of the molecule is CC/C=C\C/C=C\C/C=C\C/C=C\CCCCCCC(=O)OCC(COC(=O)CCCCCCCCCCCCCCCCCCCCCCCCCCCCC)OC(=O)CCCCCCCC/C=C\C/C=C\C/C=C\CCCCCCC. The average Bonchev–Trinajstić information content (AvgIpc) is 3.50. The maximum atomic E-state index is 13.0. The molecule has 1 unspecified atom stereocenters. The van der Waals surface area contributed by atoms with E-state index in [4.69, 9.17) is 14.2 Å². The molecular weight excluding hydrogens is 1020 g/mol. The van der Waals surface area contributed by atoms with Crippen molar-refractivity contribution < 1.29 is 28.6 Å². The summed E-state index contributed by atoms with van der Waals surface area (Å²) in [6.07, 6.45) is 94.7. The molecule has 0 aromatic heterocycles. The predicted octanol–water partition coefficient (Wildman–Crippen LogP) is 25.0. The van der Waals surface area contributed by atoms with Gasteiger partial charge in [0, 0.05) is 19.3 Å². The first-order chi connectivity index (χ1) is 41.0. The lowest BCUT2D eigenvalue weighted by atomic mass is 10.0. The fourth-order valence-electron chi connectivity index (χ4n) is 10.5. The van der Waals surface area contributed by atoms with E-state index in [0.717, 1.165) is 122 Å². The first kappa shape index (κ1) is 79.6. The number of rotatable bonds is 66. The van der Waals surface area contributed by atoms with Crippen molar-refractivity contribution in [3.8, 4) is 0 Å². The lowest BCUT2D eigenvalue weighted by Gasteiger charge is -2.18. The summed E-state index contributed by atoms with van der Waals surface area (Å²) in [6.45, 7) is 6.54. The van der Waals surface area contributed by atoms with Crippen LogP contribution in [0.2, 0.25) is 0 Å². The van der Waals surface area contributed by atoms with E-state index in [-0.39, 0.29) is 31.1 Å². The number of carbonyl (C=O) groups excluding carboxylic acids is 3. The van der Waals surface area contributed by atoms with Crippen LogP contribution in [0.1, 0.15) is 367 Å². The minimum Gasteiger partial charge on any atom is -0.462 e. The smallest absolute Gasteiger partial charge is 0.306 e. The molecule has 0 N–H and O–H groups in total. The molecule has 0 amide bonds. The Hall–Kier alpha value is -3.41. The maximum absolute atomic E-state index is 13.0. The second-order valence-corrected chi connectivity index (χ2v) is 24.1. The Balaban J connectivity index is 4.34. The highest BCUT2D eigenvalue weighted by Crippen LogP contribution is 2.18. The Morgan fingerprint density at radius 3 is 0.735 bits per heavy atom. The number of ether oxygens (including phenoxy) is 3. The van der Waals surface area contributed by atoms with Crippen molar-refractivity contribution in [1.82, 2.24) is 0 Å². The Bertz CT molecular complexity index is 1570. The van der Waals surface area contributed by atoms with Gasteiger partial charge in [-0.2, -0.15) is 0 Å². The minimum atomic E-state index is -0.796. The Kier molecular flexibility index (Phi) is 68.2. The molecule has 0 spiro atoms. The van der Waals surface area contributed by atoms with Crippen molar-refractivity contribution in [3.63, 3.8) is 0 Å². The van der Waals surface area contributed by atoms with Crippen LogP contribution in [-0.4, -0.2) is 37.2 Å². The molecule has 0 bridgehead atoms. The van der Waals surface area contributed by atoms with Gasteiger partial charge in [-0.3, -0.25) is 14.4 Å². The van der Waals surface area contributed by atoms with Gasteiger partial charge in [-0.1, -0.05) is 337 Å². The Morgan fingerprint density at radius 1 is 0.253 bits per heavy atom. The van der Waals surface area contributed by atoms with Crippen molar-refractivity contribution in [2.75, 3.05) is 13.2 Å². The van der Waals surface area contributed by atoms with Gasteiger partial charge in [0.2, 0.25) is 0 Å². The molecule has 6 heteroatoms. The van der Waals surface area contributed by atoms with Crippen LogP contribution in [0.5, 0.6) is 0 Å². The normalized spacial score (nSPS) is 12.6. The highest BCUT2D eigenvalue weighted by atomic mass is 16.6. The summed E-state index contributed by atoms with van der Waals surface area (Å²) in [6, 6.07) is 0. The van der Waals surface area contributed by atoms with Crippen LogP contribution in [0.4, 0.5) is 0 Å². The number of carbonyl (C=O) groups is 3. The van der Waals surface area contributed by atoms with E-state index in [9.17, 15) is 14.4 Å².